The van der Waals surface area contributed by atoms with Gasteiger partial charge in [0.1, 0.15) is 5.69 Å². The predicted molar refractivity (Wildman–Crippen MR) is 47.1 cm³/mol. The third-order valence-corrected chi connectivity index (χ3v) is 2.62. The molecular formula is C8H8N2OS. The van der Waals surface area contributed by atoms with Crippen molar-refractivity contribution in [3.05, 3.63) is 24.0 Å². The maximum absolute atomic E-state index is 11.4. The molecule has 0 fully saturated rings. The number of nitrogens with zero attached hydrogens (tertiary/aromatic N) is 2. The molecule has 12 heavy (non-hydrogen) atoms. The first-order chi connectivity index (χ1) is 5.77. The van der Waals surface area contributed by atoms with Gasteiger partial charge in [-0.05, 0) is 31.1 Å². The number of hydrogen-bond donors (Lipinski definition) is 0. The lowest BCUT2D eigenvalue weighted by atomic mass is 10.2. The van der Waals surface area contributed by atoms with Crippen molar-refractivity contribution in [1.29, 1.82) is 0 Å². The van der Waals surface area contributed by atoms with Crippen molar-refractivity contribution in [2.45, 2.75) is 4.90 Å². The number of Topliss-reactive ketones (excluding diaryl/α,β-unsaturated/α-hetero) is 1. The Morgan fingerprint density at radius 1 is 1.67 bits per heavy atom. The Balaban J connectivity index is 2.47. The second-order valence-corrected chi connectivity index (χ2v) is 3.90. The third kappa shape index (κ3) is 1.23. The van der Waals surface area contributed by atoms with Crippen LogP contribution in [0.2, 0.25) is 0 Å². The maximum atomic E-state index is 11.4. The molecule has 2 heterocycles. The fourth-order valence-corrected chi connectivity index (χ4v) is 2.06. The Labute approximate surface area is 74.9 Å². The van der Waals surface area contributed by atoms with Gasteiger partial charge in [-0.2, -0.15) is 0 Å². The van der Waals surface area contributed by atoms with Crippen molar-refractivity contribution in [3.8, 4) is 0 Å². The number of fused-ring (bicyclic) bond motifs is 1. The molecule has 1 aliphatic heterocycles. The summed E-state index contributed by atoms with van der Waals surface area (Å²) in [5.74, 6) is 0.104. The van der Waals surface area contributed by atoms with E-state index in [9.17, 15) is 4.79 Å². The molecule has 0 spiro atoms. The van der Waals surface area contributed by atoms with Crippen molar-refractivity contribution < 1.29 is 4.79 Å². The van der Waals surface area contributed by atoms with Gasteiger partial charge in [0.25, 0.3) is 0 Å². The highest BCUT2D eigenvalue weighted by Gasteiger charge is 2.21. The van der Waals surface area contributed by atoms with E-state index in [0.29, 0.717) is 12.2 Å². The van der Waals surface area contributed by atoms with E-state index < -0.39 is 0 Å². The Morgan fingerprint density at radius 2 is 2.50 bits per heavy atom. The molecule has 2 rings (SSSR count). The molecule has 0 saturated heterocycles. The second-order valence-electron chi connectivity index (χ2n) is 2.65. The van der Waals surface area contributed by atoms with Crippen LogP contribution in [0.3, 0.4) is 0 Å². The first-order valence-corrected chi connectivity index (χ1v) is 4.42. The van der Waals surface area contributed by atoms with E-state index in [1.165, 1.54) is 0 Å². The number of hydrogen-bond acceptors (Lipinski definition) is 4. The van der Waals surface area contributed by atoms with Crippen molar-refractivity contribution in [2.75, 3.05) is 13.6 Å². The molecule has 0 aromatic carbocycles. The van der Waals surface area contributed by atoms with Crippen LogP contribution in [0, 0.1) is 0 Å². The van der Waals surface area contributed by atoms with Crippen LogP contribution in [-0.2, 0) is 0 Å². The van der Waals surface area contributed by atoms with Gasteiger partial charge in [-0.3, -0.25) is 9.78 Å². The normalized spacial score (nSPS) is 17.6. The predicted octanol–water partition coefficient (Wildman–Crippen LogP) is 1.22. The largest absolute Gasteiger partial charge is 0.291 e. The van der Waals surface area contributed by atoms with Crippen LogP contribution in [0.25, 0.3) is 0 Å². The number of carbonyl (C=O) groups excluding carboxylic acids is 1. The van der Waals surface area contributed by atoms with Gasteiger partial charge in [-0.1, -0.05) is 0 Å². The molecule has 0 aliphatic carbocycles. The average Bonchev–Trinajstić information content (AvgIpc) is 2.04. The molecule has 62 valence electrons. The zero-order valence-corrected chi connectivity index (χ0v) is 7.47. The summed E-state index contributed by atoms with van der Waals surface area (Å²) in [6.07, 6.45) is 1.66. The van der Waals surface area contributed by atoms with Crippen LogP contribution in [0.15, 0.2) is 23.2 Å². The maximum Gasteiger partial charge on any atom is 0.197 e. The number of ketones is 1. The molecule has 0 atom stereocenters. The molecule has 0 saturated carbocycles. The molecule has 4 heteroatoms. The number of pyridine rings is 1. The van der Waals surface area contributed by atoms with E-state index in [2.05, 4.69) is 4.98 Å². The molecule has 1 aromatic rings. The van der Waals surface area contributed by atoms with Crippen molar-refractivity contribution in [2.24, 2.45) is 0 Å². The molecule has 0 unspecified atom stereocenters. The second kappa shape index (κ2) is 2.88. The Bertz CT molecular complexity index is 327. The molecule has 0 amide bonds. The van der Waals surface area contributed by atoms with Crippen LogP contribution in [0.5, 0.6) is 0 Å². The lowest BCUT2D eigenvalue weighted by Gasteiger charge is -2.20. The minimum atomic E-state index is 0.104. The van der Waals surface area contributed by atoms with Crippen molar-refractivity contribution in [3.63, 3.8) is 0 Å². The van der Waals surface area contributed by atoms with E-state index in [1.807, 2.05) is 23.5 Å². The SMILES string of the molecule is CN1CC(=O)c2ncccc2S1. The average molecular weight is 180 g/mol. The van der Waals surface area contributed by atoms with E-state index in [4.69, 9.17) is 0 Å². The molecular weight excluding hydrogens is 172 g/mol. The summed E-state index contributed by atoms with van der Waals surface area (Å²) >= 11 is 1.57. The minimum absolute atomic E-state index is 0.104. The molecule has 1 aromatic heterocycles. The summed E-state index contributed by atoms with van der Waals surface area (Å²) in [4.78, 5) is 16.4. The van der Waals surface area contributed by atoms with Crippen LogP contribution >= 0.6 is 11.9 Å². The van der Waals surface area contributed by atoms with Gasteiger partial charge >= 0.3 is 0 Å². The van der Waals surface area contributed by atoms with Gasteiger partial charge < -0.3 is 0 Å². The quantitative estimate of drug-likeness (QED) is 0.562. The Hall–Kier alpha value is -0.870. The van der Waals surface area contributed by atoms with Crippen molar-refractivity contribution in [1.82, 2.24) is 9.29 Å². The lowest BCUT2D eigenvalue weighted by Crippen LogP contribution is -2.25. The molecule has 3 nitrogen and oxygen atoms in total. The van der Waals surface area contributed by atoms with Crippen molar-refractivity contribution >= 4 is 17.7 Å². The van der Waals surface area contributed by atoms with Crippen LogP contribution in [-0.4, -0.2) is 28.7 Å². The summed E-state index contributed by atoms with van der Waals surface area (Å²) < 4.78 is 1.91. The molecule has 0 bridgehead atoms. The van der Waals surface area contributed by atoms with Crippen LogP contribution in [0.1, 0.15) is 10.5 Å². The molecule has 0 radical (unpaired) electrons. The summed E-state index contributed by atoms with van der Waals surface area (Å²) in [5, 5.41) is 0. The highest BCUT2D eigenvalue weighted by Crippen LogP contribution is 2.28. The highest BCUT2D eigenvalue weighted by atomic mass is 32.2. The Kier molecular flexibility index (Phi) is 1.86. The van der Waals surface area contributed by atoms with Gasteiger partial charge in [0.05, 0.1) is 11.4 Å². The third-order valence-electron chi connectivity index (χ3n) is 1.66. The lowest BCUT2D eigenvalue weighted by molar-refractivity contribution is 0.0963. The van der Waals surface area contributed by atoms with E-state index in [-0.39, 0.29) is 5.78 Å². The number of carbonyl (C=O) groups is 1. The van der Waals surface area contributed by atoms with Gasteiger partial charge in [-0.25, -0.2) is 4.31 Å². The summed E-state index contributed by atoms with van der Waals surface area (Å²) in [7, 11) is 1.90. The monoisotopic (exact) mass is 180 g/mol. The number of rotatable bonds is 0. The fourth-order valence-electron chi connectivity index (χ4n) is 1.15. The smallest absolute Gasteiger partial charge is 0.197 e. The summed E-state index contributed by atoms with van der Waals surface area (Å²) in [6.45, 7) is 0.453. The standard InChI is InChI=1S/C8H8N2OS/c1-10-5-6(11)8-7(12-10)3-2-4-9-8/h2-4H,5H2,1H3. The molecule has 0 N–H and O–H groups in total. The zero-order chi connectivity index (χ0) is 8.55. The highest BCUT2D eigenvalue weighted by molar-refractivity contribution is 7.97. The van der Waals surface area contributed by atoms with E-state index in [0.717, 1.165) is 4.90 Å². The number of aromatic nitrogens is 1. The zero-order valence-electron chi connectivity index (χ0n) is 6.65. The Morgan fingerprint density at radius 3 is 3.33 bits per heavy atom. The van der Waals surface area contributed by atoms with Gasteiger partial charge in [0, 0.05) is 6.20 Å². The van der Waals surface area contributed by atoms with E-state index in [1.54, 1.807) is 18.1 Å². The molecule has 1 aliphatic rings. The van der Waals surface area contributed by atoms with Crippen LogP contribution < -0.4 is 0 Å². The van der Waals surface area contributed by atoms with Gasteiger partial charge in [0.15, 0.2) is 5.78 Å². The van der Waals surface area contributed by atoms with Gasteiger partial charge in [-0.15, -0.1) is 0 Å². The van der Waals surface area contributed by atoms with Gasteiger partial charge in [0.2, 0.25) is 0 Å². The fraction of sp³-hybridized carbons (Fsp3) is 0.250. The topological polar surface area (TPSA) is 33.2 Å². The van der Waals surface area contributed by atoms with Crippen LogP contribution in [0.4, 0.5) is 0 Å². The number of likely N-dealkylation sites (N-methyl/N-ethyl adjacent to an activating group) is 1. The first-order valence-electron chi connectivity index (χ1n) is 3.64. The van der Waals surface area contributed by atoms with E-state index >= 15 is 0 Å². The summed E-state index contributed by atoms with van der Waals surface area (Å²) in [6, 6.07) is 3.76. The minimum Gasteiger partial charge on any atom is -0.291 e. The summed E-state index contributed by atoms with van der Waals surface area (Å²) in [5.41, 5.74) is 0.612. The first kappa shape index (κ1) is 7.76.